The summed E-state index contributed by atoms with van der Waals surface area (Å²) >= 11 is 0. The summed E-state index contributed by atoms with van der Waals surface area (Å²) in [6.45, 7) is 3.84. The summed E-state index contributed by atoms with van der Waals surface area (Å²) in [5.74, 6) is -0.299. The molecule has 0 spiro atoms. The van der Waals surface area contributed by atoms with E-state index in [1.165, 1.54) is 0 Å². The summed E-state index contributed by atoms with van der Waals surface area (Å²) < 4.78 is 11.5. The van der Waals surface area contributed by atoms with Gasteiger partial charge in [0, 0.05) is 26.1 Å². The Hall–Kier alpha value is -2.74. The summed E-state index contributed by atoms with van der Waals surface area (Å²) in [5, 5.41) is 7.86. The second-order valence-corrected chi connectivity index (χ2v) is 7.98. The summed E-state index contributed by atoms with van der Waals surface area (Å²) in [5.41, 5.74) is 1.74. The molecule has 3 heterocycles. The average Bonchev–Trinajstić information content (AvgIpc) is 2.99. The topological polar surface area (TPSA) is 83.8 Å². The minimum atomic E-state index is -0.299. The minimum absolute atomic E-state index is 0.0861. The van der Waals surface area contributed by atoms with Crippen LogP contribution in [0.25, 0.3) is 21.9 Å². The van der Waals surface area contributed by atoms with E-state index in [0.29, 0.717) is 21.9 Å². The van der Waals surface area contributed by atoms with Crippen LogP contribution in [0.3, 0.4) is 0 Å². The zero-order valence-corrected chi connectivity index (χ0v) is 16.7. The molecule has 0 radical (unpaired) electrons. The lowest BCUT2D eigenvalue weighted by Crippen LogP contribution is -2.59. The molecule has 2 fully saturated rings. The standard InChI is InChI=1S/C23H25N3O4/c27-22(30-21-8-11-26-10-3-9-24-14-20(26)25-21)13-15-6-7-19-17(12-15)23(28)16-4-1-2-5-18(16)29-19/h1-2,4-7,12,20-21,24-25H,3,8-11,13-14H2/t20-,21?/m1/s1. The van der Waals surface area contributed by atoms with Gasteiger partial charge < -0.3 is 14.5 Å². The smallest absolute Gasteiger partial charge is 0.311 e. The first kappa shape index (κ1) is 19.2. The highest BCUT2D eigenvalue weighted by Gasteiger charge is 2.30. The van der Waals surface area contributed by atoms with E-state index < -0.39 is 0 Å². The summed E-state index contributed by atoms with van der Waals surface area (Å²) in [6, 6.07) is 12.5. The van der Waals surface area contributed by atoms with Crippen molar-refractivity contribution in [1.82, 2.24) is 15.5 Å². The van der Waals surface area contributed by atoms with Gasteiger partial charge >= 0.3 is 5.97 Å². The largest absolute Gasteiger partial charge is 0.456 e. The minimum Gasteiger partial charge on any atom is -0.456 e. The number of rotatable bonds is 3. The maximum absolute atomic E-state index is 12.8. The molecule has 2 aromatic carbocycles. The molecule has 5 rings (SSSR count). The first-order chi connectivity index (χ1) is 14.7. The Kier molecular flexibility index (Phi) is 5.25. The van der Waals surface area contributed by atoms with Gasteiger partial charge in [-0.15, -0.1) is 0 Å². The average molecular weight is 407 g/mol. The van der Waals surface area contributed by atoms with Crippen LogP contribution < -0.4 is 16.1 Å². The van der Waals surface area contributed by atoms with Gasteiger partial charge in [0.1, 0.15) is 11.2 Å². The Morgan fingerprint density at radius 2 is 2.00 bits per heavy atom. The molecule has 7 nitrogen and oxygen atoms in total. The lowest BCUT2D eigenvalue weighted by molar-refractivity contribution is -0.154. The number of ether oxygens (including phenoxy) is 1. The van der Waals surface area contributed by atoms with E-state index in [4.69, 9.17) is 9.15 Å². The highest BCUT2D eigenvalue weighted by atomic mass is 16.6. The summed E-state index contributed by atoms with van der Waals surface area (Å²) in [4.78, 5) is 27.8. The van der Waals surface area contributed by atoms with Gasteiger partial charge in [-0.25, -0.2) is 0 Å². The number of hydrogen-bond donors (Lipinski definition) is 2. The van der Waals surface area contributed by atoms with Gasteiger partial charge in [-0.2, -0.15) is 0 Å². The van der Waals surface area contributed by atoms with E-state index >= 15 is 0 Å². The van der Waals surface area contributed by atoms with Crippen molar-refractivity contribution in [1.29, 1.82) is 0 Å². The molecule has 3 aromatic rings. The number of carbonyl (C=O) groups excluding carboxylic acids is 1. The number of nitrogens with zero attached hydrogens (tertiary/aromatic N) is 1. The first-order valence-electron chi connectivity index (χ1n) is 10.5. The van der Waals surface area contributed by atoms with Gasteiger partial charge in [0.15, 0.2) is 6.23 Å². The third-order valence-electron chi connectivity index (χ3n) is 5.90. The molecular formula is C23H25N3O4. The maximum Gasteiger partial charge on any atom is 0.311 e. The van der Waals surface area contributed by atoms with E-state index in [-0.39, 0.29) is 30.2 Å². The molecule has 0 saturated carbocycles. The van der Waals surface area contributed by atoms with Crippen LogP contribution in [0.4, 0.5) is 0 Å². The molecule has 1 aromatic heterocycles. The molecule has 156 valence electrons. The molecule has 2 aliphatic rings. The number of para-hydroxylation sites is 1. The van der Waals surface area contributed by atoms with Crippen molar-refractivity contribution >= 4 is 27.9 Å². The molecule has 7 heteroatoms. The highest BCUT2D eigenvalue weighted by Crippen LogP contribution is 2.20. The number of esters is 1. The normalized spacial score (nSPS) is 22.5. The number of nitrogens with one attached hydrogen (secondary N) is 2. The molecule has 0 aliphatic carbocycles. The van der Waals surface area contributed by atoms with Gasteiger partial charge in [-0.1, -0.05) is 18.2 Å². The molecule has 2 saturated heterocycles. The zero-order chi connectivity index (χ0) is 20.5. The van der Waals surface area contributed by atoms with E-state index in [1.807, 2.05) is 18.2 Å². The van der Waals surface area contributed by atoms with E-state index in [1.54, 1.807) is 24.3 Å². The second-order valence-electron chi connectivity index (χ2n) is 7.98. The number of fused-ring (bicyclic) bond motifs is 3. The predicted octanol–water partition coefficient (Wildman–Crippen LogP) is 1.97. The van der Waals surface area contributed by atoms with Crippen LogP contribution >= 0.6 is 0 Å². The van der Waals surface area contributed by atoms with Gasteiger partial charge in [0.05, 0.1) is 23.4 Å². The molecule has 0 amide bonds. The van der Waals surface area contributed by atoms with Gasteiger partial charge in [0.2, 0.25) is 5.43 Å². The van der Waals surface area contributed by atoms with Crippen molar-refractivity contribution in [2.45, 2.75) is 31.7 Å². The lowest BCUT2D eigenvalue weighted by Gasteiger charge is -2.38. The van der Waals surface area contributed by atoms with Crippen LogP contribution in [-0.2, 0) is 16.0 Å². The van der Waals surface area contributed by atoms with Gasteiger partial charge in [0.25, 0.3) is 0 Å². The zero-order valence-electron chi connectivity index (χ0n) is 16.7. The maximum atomic E-state index is 12.8. The fourth-order valence-electron chi connectivity index (χ4n) is 4.36. The third-order valence-corrected chi connectivity index (χ3v) is 5.90. The SMILES string of the molecule is O=C(Cc1ccc2oc3ccccc3c(=O)c2c1)OC1CCN2CCCNC[C@@H]2N1. The van der Waals surface area contributed by atoms with Crippen molar-refractivity contribution in [3.63, 3.8) is 0 Å². The molecular weight excluding hydrogens is 382 g/mol. The lowest BCUT2D eigenvalue weighted by atomic mass is 10.1. The Morgan fingerprint density at radius 3 is 2.93 bits per heavy atom. The van der Waals surface area contributed by atoms with Crippen molar-refractivity contribution in [3.8, 4) is 0 Å². The predicted molar refractivity (Wildman–Crippen MR) is 114 cm³/mol. The van der Waals surface area contributed by atoms with Crippen molar-refractivity contribution in [3.05, 3.63) is 58.3 Å². The van der Waals surface area contributed by atoms with Crippen LogP contribution in [0.15, 0.2) is 51.7 Å². The fraction of sp³-hybridized carbons (Fsp3) is 0.391. The Labute approximate surface area is 174 Å². The number of hydrogen-bond acceptors (Lipinski definition) is 7. The van der Waals surface area contributed by atoms with Crippen molar-refractivity contribution in [2.24, 2.45) is 0 Å². The Balaban J connectivity index is 1.29. The van der Waals surface area contributed by atoms with E-state index in [0.717, 1.165) is 44.6 Å². The van der Waals surface area contributed by atoms with Crippen LogP contribution in [0.5, 0.6) is 0 Å². The molecule has 0 bridgehead atoms. The Morgan fingerprint density at radius 1 is 1.13 bits per heavy atom. The van der Waals surface area contributed by atoms with Crippen LogP contribution in [0.1, 0.15) is 18.4 Å². The molecule has 2 N–H and O–H groups in total. The monoisotopic (exact) mass is 407 g/mol. The molecule has 1 unspecified atom stereocenters. The van der Waals surface area contributed by atoms with Crippen molar-refractivity contribution in [2.75, 3.05) is 26.2 Å². The second kappa shape index (κ2) is 8.18. The van der Waals surface area contributed by atoms with E-state index in [9.17, 15) is 9.59 Å². The molecule has 30 heavy (non-hydrogen) atoms. The highest BCUT2D eigenvalue weighted by molar-refractivity contribution is 5.90. The van der Waals surface area contributed by atoms with Gasteiger partial charge in [-0.3, -0.25) is 19.8 Å². The Bertz CT molecular complexity index is 1140. The van der Waals surface area contributed by atoms with Crippen molar-refractivity contribution < 1.29 is 13.9 Å². The first-order valence-corrected chi connectivity index (χ1v) is 10.5. The molecule has 2 atom stereocenters. The van der Waals surface area contributed by atoms with E-state index in [2.05, 4.69) is 15.5 Å². The quantitative estimate of drug-likeness (QED) is 0.507. The van der Waals surface area contributed by atoms with Crippen LogP contribution in [-0.4, -0.2) is 49.4 Å². The summed E-state index contributed by atoms with van der Waals surface area (Å²) in [6.07, 6.45) is 1.93. The van der Waals surface area contributed by atoms with Gasteiger partial charge in [-0.05, 0) is 42.8 Å². The van der Waals surface area contributed by atoms with Crippen LogP contribution in [0.2, 0.25) is 0 Å². The fourth-order valence-corrected chi connectivity index (χ4v) is 4.36. The summed E-state index contributed by atoms with van der Waals surface area (Å²) in [7, 11) is 0. The third kappa shape index (κ3) is 3.84. The number of benzene rings is 2. The molecule has 2 aliphatic heterocycles. The number of carbonyl (C=O) groups is 1. The van der Waals surface area contributed by atoms with Crippen LogP contribution in [0, 0.1) is 0 Å².